The fourth-order valence-electron chi connectivity index (χ4n) is 1.01. The molecule has 4 heteroatoms. The molecular formula is C9H13NO3. The molecule has 4 nitrogen and oxygen atoms in total. The zero-order valence-electron chi connectivity index (χ0n) is 7.78. The number of aliphatic hydroxyl groups excluding tert-OH is 1. The Hall–Kier alpha value is -1.29. The molecule has 0 radical (unpaired) electrons. The number of nitrogens with zero attached hydrogens (tertiary/aromatic N) is 1. The fourth-order valence-corrected chi connectivity index (χ4v) is 1.01. The van der Waals surface area contributed by atoms with Crippen molar-refractivity contribution in [2.24, 2.45) is 0 Å². The third kappa shape index (κ3) is 2.59. The van der Waals surface area contributed by atoms with Crippen LogP contribution in [0.4, 0.5) is 0 Å². The SMILES string of the molecule is Cc1ccc(CN(C)C(=O)CO)o1. The lowest BCUT2D eigenvalue weighted by molar-refractivity contribution is -0.133. The summed E-state index contributed by atoms with van der Waals surface area (Å²) in [5.41, 5.74) is 0. The molecule has 1 amide bonds. The van der Waals surface area contributed by atoms with Crippen molar-refractivity contribution in [3.63, 3.8) is 0 Å². The minimum absolute atomic E-state index is 0.311. The highest BCUT2D eigenvalue weighted by Gasteiger charge is 2.08. The second-order valence-corrected chi connectivity index (χ2v) is 2.92. The summed E-state index contributed by atoms with van der Waals surface area (Å²) in [6.45, 7) is 1.78. The van der Waals surface area contributed by atoms with Gasteiger partial charge in [-0.3, -0.25) is 4.79 Å². The summed E-state index contributed by atoms with van der Waals surface area (Å²) < 4.78 is 5.27. The number of rotatable bonds is 3. The Kier molecular flexibility index (Phi) is 3.08. The van der Waals surface area contributed by atoms with Gasteiger partial charge in [0.2, 0.25) is 5.91 Å². The molecule has 0 aromatic carbocycles. The average Bonchev–Trinajstić information content (AvgIpc) is 2.49. The number of amides is 1. The summed E-state index contributed by atoms with van der Waals surface area (Å²) >= 11 is 0. The van der Waals surface area contributed by atoms with E-state index >= 15 is 0 Å². The zero-order valence-corrected chi connectivity index (χ0v) is 7.78. The lowest BCUT2D eigenvalue weighted by atomic mass is 10.4. The zero-order chi connectivity index (χ0) is 9.84. The van der Waals surface area contributed by atoms with Gasteiger partial charge in [-0.1, -0.05) is 0 Å². The highest BCUT2D eigenvalue weighted by atomic mass is 16.3. The lowest BCUT2D eigenvalue weighted by Crippen LogP contribution is -2.28. The van der Waals surface area contributed by atoms with E-state index in [1.165, 1.54) is 4.90 Å². The maximum absolute atomic E-state index is 11.0. The molecule has 1 heterocycles. The number of aliphatic hydroxyl groups is 1. The quantitative estimate of drug-likeness (QED) is 0.744. The van der Waals surface area contributed by atoms with Crippen molar-refractivity contribution in [1.29, 1.82) is 0 Å². The van der Waals surface area contributed by atoms with E-state index < -0.39 is 6.61 Å². The second kappa shape index (κ2) is 4.09. The fraction of sp³-hybridized carbons (Fsp3) is 0.444. The molecule has 0 saturated carbocycles. The smallest absolute Gasteiger partial charge is 0.248 e. The van der Waals surface area contributed by atoms with Crippen LogP contribution in [0, 0.1) is 6.92 Å². The molecule has 0 unspecified atom stereocenters. The molecule has 0 aliphatic rings. The van der Waals surface area contributed by atoms with Crippen LogP contribution in [0.5, 0.6) is 0 Å². The largest absolute Gasteiger partial charge is 0.464 e. The molecule has 1 N–H and O–H groups in total. The van der Waals surface area contributed by atoms with Crippen molar-refractivity contribution in [3.8, 4) is 0 Å². The Morgan fingerprint density at radius 3 is 2.77 bits per heavy atom. The van der Waals surface area contributed by atoms with Gasteiger partial charge in [-0.05, 0) is 19.1 Å². The van der Waals surface area contributed by atoms with E-state index in [-0.39, 0.29) is 5.91 Å². The maximum Gasteiger partial charge on any atom is 0.248 e. The highest BCUT2D eigenvalue weighted by molar-refractivity contribution is 5.76. The van der Waals surface area contributed by atoms with Crippen LogP contribution >= 0.6 is 0 Å². The molecule has 1 aromatic rings. The number of hydrogen-bond donors (Lipinski definition) is 1. The first-order chi connectivity index (χ1) is 6.13. The van der Waals surface area contributed by atoms with E-state index in [2.05, 4.69) is 0 Å². The highest BCUT2D eigenvalue weighted by Crippen LogP contribution is 2.08. The molecule has 13 heavy (non-hydrogen) atoms. The van der Waals surface area contributed by atoms with Gasteiger partial charge in [0.1, 0.15) is 18.1 Å². The van der Waals surface area contributed by atoms with E-state index in [0.717, 1.165) is 11.5 Å². The first kappa shape index (κ1) is 9.80. The van der Waals surface area contributed by atoms with Crippen LogP contribution < -0.4 is 0 Å². The van der Waals surface area contributed by atoms with Crippen LogP contribution in [0.2, 0.25) is 0 Å². The Labute approximate surface area is 76.8 Å². The first-order valence-electron chi connectivity index (χ1n) is 4.03. The predicted octanol–water partition coefficient (Wildman–Crippen LogP) is 0.539. The molecular weight excluding hydrogens is 170 g/mol. The van der Waals surface area contributed by atoms with Crippen molar-refractivity contribution < 1.29 is 14.3 Å². The van der Waals surface area contributed by atoms with Crippen LogP contribution in [0.15, 0.2) is 16.5 Å². The molecule has 0 saturated heterocycles. The summed E-state index contributed by atoms with van der Waals surface area (Å²) in [6, 6.07) is 3.66. The molecule has 0 bridgehead atoms. The van der Waals surface area contributed by atoms with Crippen molar-refractivity contribution in [1.82, 2.24) is 4.90 Å². The molecule has 1 aromatic heterocycles. The standard InChI is InChI=1S/C9H13NO3/c1-7-3-4-8(13-7)5-10(2)9(12)6-11/h3-4,11H,5-6H2,1-2H3. The van der Waals surface area contributed by atoms with E-state index in [1.807, 2.05) is 19.1 Å². The number of aryl methyl sites for hydroxylation is 1. The van der Waals surface area contributed by atoms with Crippen LogP contribution in [-0.4, -0.2) is 29.6 Å². The number of furan rings is 1. The van der Waals surface area contributed by atoms with Crippen LogP contribution in [-0.2, 0) is 11.3 Å². The van der Waals surface area contributed by atoms with Gasteiger partial charge >= 0.3 is 0 Å². The molecule has 72 valence electrons. The van der Waals surface area contributed by atoms with Gasteiger partial charge in [0.25, 0.3) is 0 Å². The lowest BCUT2D eigenvalue weighted by Gasteiger charge is -2.13. The van der Waals surface area contributed by atoms with Gasteiger partial charge in [0, 0.05) is 7.05 Å². The van der Waals surface area contributed by atoms with Crippen LogP contribution in [0.1, 0.15) is 11.5 Å². The Morgan fingerprint density at radius 2 is 2.31 bits per heavy atom. The van der Waals surface area contributed by atoms with Gasteiger partial charge in [-0.15, -0.1) is 0 Å². The molecule has 0 fully saturated rings. The van der Waals surface area contributed by atoms with Crippen molar-refractivity contribution in [3.05, 3.63) is 23.7 Å². The second-order valence-electron chi connectivity index (χ2n) is 2.92. The van der Waals surface area contributed by atoms with Crippen molar-refractivity contribution >= 4 is 5.91 Å². The van der Waals surface area contributed by atoms with E-state index in [9.17, 15) is 4.79 Å². The predicted molar refractivity (Wildman–Crippen MR) is 47.0 cm³/mol. The first-order valence-corrected chi connectivity index (χ1v) is 4.03. The molecule has 0 aliphatic carbocycles. The molecule has 0 atom stereocenters. The van der Waals surface area contributed by atoms with Crippen LogP contribution in [0.25, 0.3) is 0 Å². The van der Waals surface area contributed by atoms with E-state index in [0.29, 0.717) is 6.54 Å². The number of carbonyl (C=O) groups is 1. The normalized spacial score (nSPS) is 10.1. The summed E-state index contributed by atoms with van der Waals surface area (Å²) in [6.07, 6.45) is 0. The summed E-state index contributed by atoms with van der Waals surface area (Å²) in [4.78, 5) is 12.4. The summed E-state index contributed by atoms with van der Waals surface area (Å²) in [7, 11) is 1.62. The van der Waals surface area contributed by atoms with Crippen molar-refractivity contribution in [2.45, 2.75) is 13.5 Å². The topological polar surface area (TPSA) is 53.7 Å². The van der Waals surface area contributed by atoms with Gasteiger partial charge in [0.15, 0.2) is 0 Å². The van der Waals surface area contributed by atoms with Crippen molar-refractivity contribution in [2.75, 3.05) is 13.7 Å². The molecule has 1 rings (SSSR count). The van der Waals surface area contributed by atoms with E-state index in [4.69, 9.17) is 9.52 Å². The van der Waals surface area contributed by atoms with E-state index in [1.54, 1.807) is 7.05 Å². The monoisotopic (exact) mass is 183 g/mol. The molecule has 0 aliphatic heterocycles. The number of hydrogen-bond acceptors (Lipinski definition) is 3. The third-order valence-corrected chi connectivity index (χ3v) is 1.75. The molecule has 0 spiro atoms. The van der Waals surface area contributed by atoms with Gasteiger partial charge in [-0.2, -0.15) is 0 Å². The minimum Gasteiger partial charge on any atom is -0.464 e. The van der Waals surface area contributed by atoms with Gasteiger partial charge in [-0.25, -0.2) is 0 Å². The van der Waals surface area contributed by atoms with Gasteiger partial charge in [0.05, 0.1) is 6.54 Å². The summed E-state index contributed by atoms with van der Waals surface area (Å²) in [5, 5.41) is 8.57. The minimum atomic E-state index is -0.462. The Morgan fingerprint density at radius 1 is 1.62 bits per heavy atom. The maximum atomic E-state index is 11.0. The van der Waals surface area contributed by atoms with Gasteiger partial charge < -0.3 is 14.4 Å². The Balaban J connectivity index is 2.54. The Bertz CT molecular complexity index is 293. The average molecular weight is 183 g/mol. The third-order valence-electron chi connectivity index (χ3n) is 1.75. The number of carbonyl (C=O) groups excluding carboxylic acids is 1. The summed E-state index contributed by atoms with van der Waals surface area (Å²) in [5.74, 6) is 1.23. The van der Waals surface area contributed by atoms with Crippen LogP contribution in [0.3, 0.4) is 0 Å². The number of likely N-dealkylation sites (N-methyl/N-ethyl adjacent to an activating group) is 1.